The number of sulfone groups is 1. The van der Waals surface area contributed by atoms with Crippen molar-refractivity contribution in [2.24, 2.45) is 0 Å². The van der Waals surface area contributed by atoms with Crippen molar-refractivity contribution in [2.45, 2.75) is 11.8 Å². The highest BCUT2D eigenvalue weighted by atomic mass is 32.2. The number of nitrogens with zero attached hydrogens (tertiary/aromatic N) is 1. The van der Waals surface area contributed by atoms with E-state index >= 15 is 0 Å². The molecule has 1 N–H and O–H groups in total. The number of hydrogen-bond donors (Lipinski definition) is 1. The van der Waals surface area contributed by atoms with Gasteiger partial charge in [0.15, 0.2) is 15.0 Å². The lowest BCUT2D eigenvalue weighted by atomic mass is 10.0. The predicted octanol–water partition coefficient (Wildman–Crippen LogP) is 4.10. The lowest BCUT2D eigenvalue weighted by molar-refractivity contribution is -0.111. The molecule has 3 aromatic rings. The van der Waals surface area contributed by atoms with E-state index in [0.29, 0.717) is 16.3 Å². The number of aryl methyl sites for hydroxylation is 1. The monoisotopic (exact) mass is 404 g/mol. The fraction of sp³-hybridized carbons (Fsp3) is 0.111. The van der Waals surface area contributed by atoms with Crippen LogP contribution < -0.4 is 5.32 Å². The SMILES string of the molecule is Cc1ccsc1/C=C(\C(=O)Nc1nccs1)c1ccc(S(C)(=O)=O)cc1. The number of thiophene rings is 1. The Balaban J connectivity index is 2.01. The molecular weight excluding hydrogens is 388 g/mol. The molecule has 3 rings (SSSR count). The number of thiazole rings is 1. The first-order valence-corrected chi connectivity index (χ1v) is 11.3. The Kier molecular flexibility index (Phi) is 5.36. The first-order valence-electron chi connectivity index (χ1n) is 7.62. The molecule has 1 aromatic carbocycles. The Morgan fingerprint density at radius 2 is 1.85 bits per heavy atom. The number of carbonyl (C=O) groups excluding carboxylic acids is 1. The number of aromatic nitrogens is 1. The van der Waals surface area contributed by atoms with Crippen LogP contribution >= 0.6 is 22.7 Å². The van der Waals surface area contributed by atoms with Gasteiger partial charge >= 0.3 is 0 Å². The number of hydrogen-bond acceptors (Lipinski definition) is 6. The molecule has 2 aromatic heterocycles. The highest BCUT2D eigenvalue weighted by molar-refractivity contribution is 7.90. The molecule has 0 saturated heterocycles. The van der Waals surface area contributed by atoms with Crippen molar-refractivity contribution in [3.8, 4) is 0 Å². The van der Waals surface area contributed by atoms with Gasteiger partial charge in [0.05, 0.1) is 4.90 Å². The third kappa shape index (κ3) is 4.27. The molecule has 26 heavy (non-hydrogen) atoms. The highest BCUT2D eigenvalue weighted by Crippen LogP contribution is 2.26. The Hall–Kier alpha value is -2.29. The molecule has 0 aliphatic rings. The Labute approximate surface area is 160 Å². The van der Waals surface area contributed by atoms with Crippen molar-refractivity contribution >= 4 is 55.2 Å². The molecule has 0 saturated carbocycles. The van der Waals surface area contributed by atoms with E-state index < -0.39 is 9.84 Å². The van der Waals surface area contributed by atoms with Crippen LogP contribution in [0.4, 0.5) is 5.13 Å². The second-order valence-electron chi connectivity index (χ2n) is 5.61. The maximum absolute atomic E-state index is 12.8. The Morgan fingerprint density at radius 1 is 1.12 bits per heavy atom. The van der Waals surface area contributed by atoms with Crippen LogP contribution in [0.15, 0.2) is 52.2 Å². The fourth-order valence-corrected chi connectivity index (χ4v) is 4.29. The molecule has 0 bridgehead atoms. The molecular formula is C18H16N2O3S3. The minimum atomic E-state index is -3.29. The number of rotatable bonds is 5. The van der Waals surface area contributed by atoms with Crippen LogP contribution in [0.25, 0.3) is 11.6 Å². The molecule has 0 spiro atoms. The average molecular weight is 405 g/mol. The van der Waals surface area contributed by atoms with Gasteiger partial charge in [0, 0.05) is 28.3 Å². The van der Waals surface area contributed by atoms with Crippen molar-refractivity contribution in [1.29, 1.82) is 0 Å². The van der Waals surface area contributed by atoms with Gasteiger partial charge in [0.2, 0.25) is 0 Å². The van der Waals surface area contributed by atoms with Crippen molar-refractivity contribution in [3.63, 3.8) is 0 Å². The minimum absolute atomic E-state index is 0.216. The van der Waals surface area contributed by atoms with Gasteiger partial charge in [-0.2, -0.15) is 0 Å². The summed E-state index contributed by atoms with van der Waals surface area (Å²) in [4.78, 5) is 18.1. The molecule has 134 valence electrons. The zero-order valence-electron chi connectivity index (χ0n) is 14.1. The van der Waals surface area contributed by atoms with Crippen molar-refractivity contribution < 1.29 is 13.2 Å². The van der Waals surface area contributed by atoms with Gasteiger partial charge in [-0.15, -0.1) is 22.7 Å². The Bertz CT molecular complexity index is 1050. The smallest absolute Gasteiger partial charge is 0.258 e. The summed E-state index contributed by atoms with van der Waals surface area (Å²) < 4.78 is 23.3. The normalized spacial score (nSPS) is 12.2. The van der Waals surface area contributed by atoms with Crippen molar-refractivity contribution in [1.82, 2.24) is 4.98 Å². The van der Waals surface area contributed by atoms with Crippen LogP contribution in [-0.2, 0) is 14.6 Å². The summed E-state index contributed by atoms with van der Waals surface area (Å²) in [6, 6.07) is 8.30. The van der Waals surface area contributed by atoms with Crippen LogP contribution in [0.2, 0.25) is 0 Å². The molecule has 0 aliphatic heterocycles. The zero-order valence-corrected chi connectivity index (χ0v) is 16.5. The van der Waals surface area contributed by atoms with E-state index in [-0.39, 0.29) is 10.8 Å². The summed E-state index contributed by atoms with van der Waals surface area (Å²) in [6.07, 6.45) is 4.59. The first-order chi connectivity index (χ1) is 12.3. The average Bonchev–Trinajstić information content (AvgIpc) is 3.24. The number of amides is 1. The molecule has 8 heteroatoms. The van der Waals surface area contributed by atoms with Crippen LogP contribution in [0.5, 0.6) is 0 Å². The van der Waals surface area contributed by atoms with E-state index in [9.17, 15) is 13.2 Å². The number of carbonyl (C=O) groups is 1. The van der Waals surface area contributed by atoms with Crippen LogP contribution in [0.1, 0.15) is 16.0 Å². The number of benzene rings is 1. The summed E-state index contributed by atoms with van der Waals surface area (Å²) in [5.74, 6) is -0.292. The summed E-state index contributed by atoms with van der Waals surface area (Å²) in [7, 11) is -3.29. The topological polar surface area (TPSA) is 76.1 Å². The summed E-state index contributed by atoms with van der Waals surface area (Å²) in [5.41, 5.74) is 2.16. The standard InChI is InChI=1S/C18H16N2O3S3/c1-12-7-9-24-16(12)11-15(17(21)20-18-19-8-10-25-18)13-3-5-14(6-4-13)26(2,22)23/h3-11H,1-2H3,(H,19,20,21)/b15-11-. The second kappa shape index (κ2) is 7.53. The van der Waals surface area contributed by atoms with Crippen molar-refractivity contribution in [3.05, 3.63) is 63.3 Å². The fourth-order valence-electron chi connectivity index (χ4n) is 2.27. The van der Waals surface area contributed by atoms with Gasteiger partial charge in [-0.25, -0.2) is 13.4 Å². The third-order valence-corrected chi connectivity index (χ3v) is 6.45. The highest BCUT2D eigenvalue weighted by Gasteiger charge is 2.16. The van der Waals surface area contributed by atoms with Gasteiger partial charge < -0.3 is 0 Å². The van der Waals surface area contributed by atoms with Crippen LogP contribution in [-0.4, -0.2) is 25.6 Å². The lowest BCUT2D eigenvalue weighted by Gasteiger charge is -2.09. The van der Waals surface area contributed by atoms with E-state index in [1.807, 2.05) is 24.4 Å². The molecule has 0 aliphatic carbocycles. The number of anilines is 1. The van der Waals surface area contributed by atoms with Crippen molar-refractivity contribution in [2.75, 3.05) is 11.6 Å². The van der Waals surface area contributed by atoms with Gasteiger partial charge in [0.1, 0.15) is 0 Å². The maximum atomic E-state index is 12.8. The van der Waals surface area contributed by atoms with Crippen LogP contribution in [0, 0.1) is 6.92 Å². The van der Waals surface area contributed by atoms with E-state index in [1.165, 1.54) is 23.5 Å². The predicted molar refractivity (Wildman–Crippen MR) is 107 cm³/mol. The third-order valence-electron chi connectivity index (χ3n) is 3.67. The minimum Gasteiger partial charge on any atom is -0.298 e. The molecule has 2 heterocycles. The summed E-state index contributed by atoms with van der Waals surface area (Å²) in [6.45, 7) is 1.98. The Morgan fingerprint density at radius 3 is 2.38 bits per heavy atom. The van der Waals surface area contributed by atoms with Gasteiger partial charge in [-0.3, -0.25) is 10.1 Å². The molecule has 0 radical (unpaired) electrons. The quantitative estimate of drug-likeness (QED) is 0.650. The summed E-state index contributed by atoms with van der Waals surface area (Å²) >= 11 is 2.87. The van der Waals surface area contributed by atoms with Gasteiger partial charge in [-0.05, 0) is 47.7 Å². The maximum Gasteiger partial charge on any atom is 0.258 e. The lowest BCUT2D eigenvalue weighted by Crippen LogP contribution is -2.13. The first kappa shape index (κ1) is 18.5. The van der Waals surface area contributed by atoms with E-state index in [4.69, 9.17) is 0 Å². The molecule has 5 nitrogen and oxygen atoms in total. The van der Waals surface area contributed by atoms with E-state index in [2.05, 4.69) is 10.3 Å². The van der Waals surface area contributed by atoms with E-state index in [0.717, 1.165) is 16.7 Å². The van der Waals surface area contributed by atoms with Gasteiger partial charge in [0.25, 0.3) is 5.91 Å². The zero-order chi connectivity index (χ0) is 18.7. The van der Waals surface area contributed by atoms with Gasteiger partial charge in [-0.1, -0.05) is 12.1 Å². The summed E-state index contributed by atoms with van der Waals surface area (Å²) in [5, 5.41) is 7.04. The van der Waals surface area contributed by atoms with Crippen LogP contribution in [0.3, 0.4) is 0 Å². The molecule has 0 fully saturated rings. The van der Waals surface area contributed by atoms with E-state index in [1.54, 1.807) is 35.0 Å². The molecule has 0 unspecified atom stereocenters. The molecule has 1 amide bonds. The largest absolute Gasteiger partial charge is 0.298 e. The number of nitrogens with one attached hydrogen (secondary N) is 1. The molecule has 0 atom stereocenters. The second-order valence-corrected chi connectivity index (χ2v) is 9.47.